The maximum absolute atomic E-state index is 5.39. The van der Waals surface area contributed by atoms with Crippen molar-refractivity contribution in [2.75, 3.05) is 12.8 Å². The Bertz CT molecular complexity index is 184. The minimum Gasteiger partial charge on any atom is -0.375 e. The molecule has 3 N–H and O–H groups in total. The van der Waals surface area contributed by atoms with Crippen molar-refractivity contribution in [2.45, 2.75) is 6.54 Å². The van der Waals surface area contributed by atoms with Crippen LogP contribution in [0, 0.1) is 0 Å². The second-order valence-corrected chi connectivity index (χ2v) is 2.84. The van der Waals surface area contributed by atoms with E-state index in [4.69, 9.17) is 5.73 Å². The smallest absolute Gasteiger partial charge is 0.180 e. The highest BCUT2D eigenvalue weighted by molar-refractivity contribution is 7.15. The largest absolute Gasteiger partial charge is 0.375 e. The van der Waals surface area contributed by atoms with Gasteiger partial charge in [-0.15, -0.1) is 11.3 Å². The molecule has 0 aliphatic carbocycles. The Morgan fingerprint density at radius 3 is 3.11 bits per heavy atom. The average molecular weight is 143 g/mol. The van der Waals surface area contributed by atoms with Crippen LogP contribution in [-0.4, -0.2) is 12.0 Å². The number of thiazole rings is 1. The number of nitrogen functional groups attached to an aromatic ring is 1. The number of anilines is 1. The van der Waals surface area contributed by atoms with Gasteiger partial charge in [-0.05, 0) is 7.05 Å². The lowest BCUT2D eigenvalue weighted by molar-refractivity contribution is 0.829. The molecule has 0 radical (unpaired) electrons. The first kappa shape index (κ1) is 6.51. The fourth-order valence-electron chi connectivity index (χ4n) is 0.579. The van der Waals surface area contributed by atoms with Gasteiger partial charge in [0.2, 0.25) is 0 Å². The summed E-state index contributed by atoms with van der Waals surface area (Å²) in [6, 6.07) is 0. The third-order valence-corrected chi connectivity index (χ3v) is 1.75. The van der Waals surface area contributed by atoms with Crippen molar-refractivity contribution in [1.29, 1.82) is 0 Å². The van der Waals surface area contributed by atoms with Gasteiger partial charge in [-0.3, -0.25) is 0 Å². The molecule has 1 aromatic heterocycles. The predicted octanol–water partition coefficient (Wildman–Crippen LogP) is 0.445. The monoisotopic (exact) mass is 143 g/mol. The first-order valence-corrected chi connectivity index (χ1v) is 3.49. The molecular formula is C5H9N3S. The summed E-state index contributed by atoms with van der Waals surface area (Å²) in [7, 11) is 1.90. The average Bonchev–Trinajstić information content (AvgIpc) is 2.17. The third kappa shape index (κ3) is 1.65. The molecule has 1 heterocycles. The molecule has 0 saturated carbocycles. The lowest BCUT2D eigenvalue weighted by atomic mass is 10.5. The van der Waals surface area contributed by atoms with Crippen LogP contribution in [0.4, 0.5) is 5.13 Å². The molecule has 0 fully saturated rings. The van der Waals surface area contributed by atoms with Gasteiger partial charge in [0.25, 0.3) is 0 Å². The topological polar surface area (TPSA) is 50.9 Å². The first-order valence-electron chi connectivity index (χ1n) is 2.67. The Morgan fingerprint density at radius 2 is 2.67 bits per heavy atom. The third-order valence-electron chi connectivity index (χ3n) is 0.922. The van der Waals surface area contributed by atoms with Crippen LogP contribution in [0.3, 0.4) is 0 Å². The highest BCUT2D eigenvalue weighted by atomic mass is 32.1. The molecule has 0 aromatic carbocycles. The van der Waals surface area contributed by atoms with E-state index in [2.05, 4.69) is 10.3 Å². The van der Waals surface area contributed by atoms with Crippen molar-refractivity contribution in [3.63, 3.8) is 0 Å². The fraction of sp³-hybridized carbons (Fsp3) is 0.400. The van der Waals surface area contributed by atoms with Crippen LogP contribution in [-0.2, 0) is 6.54 Å². The standard InChI is InChI=1S/C5H9N3S/c1-7-2-4-3-8-5(6)9-4/h3,7H,2H2,1H3,(H2,6,8). The van der Waals surface area contributed by atoms with E-state index in [1.165, 1.54) is 16.2 Å². The second kappa shape index (κ2) is 2.80. The Balaban J connectivity index is 2.61. The molecule has 0 unspecified atom stereocenters. The molecule has 0 aliphatic heterocycles. The molecule has 0 saturated heterocycles. The highest BCUT2D eigenvalue weighted by Crippen LogP contribution is 2.12. The Morgan fingerprint density at radius 1 is 1.89 bits per heavy atom. The van der Waals surface area contributed by atoms with E-state index in [1.54, 1.807) is 6.20 Å². The number of hydrogen-bond donors (Lipinski definition) is 2. The maximum Gasteiger partial charge on any atom is 0.180 e. The number of nitrogens with two attached hydrogens (primary N) is 1. The Kier molecular flexibility index (Phi) is 2.02. The molecule has 1 rings (SSSR count). The normalized spacial score (nSPS) is 9.89. The Hall–Kier alpha value is -0.610. The Labute approximate surface area is 57.9 Å². The molecule has 50 valence electrons. The molecule has 0 spiro atoms. The lowest BCUT2D eigenvalue weighted by Gasteiger charge is -1.88. The van der Waals surface area contributed by atoms with Crippen molar-refractivity contribution in [1.82, 2.24) is 10.3 Å². The van der Waals surface area contributed by atoms with Crippen LogP contribution >= 0.6 is 11.3 Å². The van der Waals surface area contributed by atoms with Crippen LogP contribution < -0.4 is 11.1 Å². The van der Waals surface area contributed by atoms with Crippen LogP contribution in [0.2, 0.25) is 0 Å². The highest BCUT2D eigenvalue weighted by Gasteiger charge is 1.94. The predicted molar refractivity (Wildman–Crippen MR) is 39.3 cm³/mol. The number of hydrogen-bond acceptors (Lipinski definition) is 4. The number of nitrogens with zero attached hydrogens (tertiary/aromatic N) is 1. The molecule has 4 heteroatoms. The van der Waals surface area contributed by atoms with Crippen molar-refractivity contribution >= 4 is 16.5 Å². The van der Waals surface area contributed by atoms with Crippen molar-refractivity contribution < 1.29 is 0 Å². The van der Waals surface area contributed by atoms with Gasteiger partial charge in [-0.2, -0.15) is 0 Å². The second-order valence-electron chi connectivity index (χ2n) is 1.70. The summed E-state index contributed by atoms with van der Waals surface area (Å²) in [5.41, 5.74) is 5.39. The summed E-state index contributed by atoms with van der Waals surface area (Å²) in [4.78, 5) is 5.07. The zero-order chi connectivity index (χ0) is 6.69. The van der Waals surface area contributed by atoms with E-state index in [1.807, 2.05) is 7.05 Å². The van der Waals surface area contributed by atoms with Gasteiger partial charge in [0.1, 0.15) is 0 Å². The van der Waals surface area contributed by atoms with E-state index >= 15 is 0 Å². The van der Waals surface area contributed by atoms with E-state index in [9.17, 15) is 0 Å². The van der Waals surface area contributed by atoms with Gasteiger partial charge in [0, 0.05) is 17.6 Å². The van der Waals surface area contributed by atoms with Gasteiger partial charge in [-0.25, -0.2) is 4.98 Å². The fourth-order valence-corrected chi connectivity index (χ4v) is 1.27. The molecule has 0 atom stereocenters. The minimum atomic E-state index is 0.639. The summed E-state index contributed by atoms with van der Waals surface area (Å²) < 4.78 is 0. The van der Waals surface area contributed by atoms with E-state index in [0.29, 0.717) is 5.13 Å². The van der Waals surface area contributed by atoms with E-state index in [0.717, 1.165) is 6.54 Å². The van der Waals surface area contributed by atoms with Crippen molar-refractivity contribution in [3.05, 3.63) is 11.1 Å². The minimum absolute atomic E-state index is 0.639. The van der Waals surface area contributed by atoms with Crippen molar-refractivity contribution in [2.24, 2.45) is 0 Å². The number of nitrogens with one attached hydrogen (secondary N) is 1. The zero-order valence-electron chi connectivity index (χ0n) is 5.22. The summed E-state index contributed by atoms with van der Waals surface area (Å²) >= 11 is 1.52. The van der Waals surface area contributed by atoms with Crippen LogP contribution in [0.25, 0.3) is 0 Å². The molecule has 0 amide bonds. The molecule has 0 bridgehead atoms. The molecule has 3 nitrogen and oxygen atoms in total. The van der Waals surface area contributed by atoms with Gasteiger partial charge in [0.15, 0.2) is 5.13 Å². The summed E-state index contributed by atoms with van der Waals surface area (Å²) in [5.74, 6) is 0. The van der Waals surface area contributed by atoms with Gasteiger partial charge >= 0.3 is 0 Å². The summed E-state index contributed by atoms with van der Waals surface area (Å²) in [6.45, 7) is 0.856. The van der Waals surface area contributed by atoms with Crippen LogP contribution in [0.1, 0.15) is 4.88 Å². The molecule has 0 aliphatic rings. The van der Waals surface area contributed by atoms with Gasteiger partial charge < -0.3 is 11.1 Å². The van der Waals surface area contributed by atoms with Crippen LogP contribution in [0.15, 0.2) is 6.20 Å². The van der Waals surface area contributed by atoms with Crippen LogP contribution in [0.5, 0.6) is 0 Å². The van der Waals surface area contributed by atoms with Gasteiger partial charge in [-0.1, -0.05) is 0 Å². The first-order chi connectivity index (χ1) is 4.33. The lowest BCUT2D eigenvalue weighted by Crippen LogP contribution is -2.02. The number of aromatic nitrogens is 1. The van der Waals surface area contributed by atoms with Gasteiger partial charge in [0.05, 0.1) is 0 Å². The SMILES string of the molecule is CNCc1cnc(N)s1. The van der Waals surface area contributed by atoms with Crippen molar-refractivity contribution in [3.8, 4) is 0 Å². The maximum atomic E-state index is 5.39. The quantitative estimate of drug-likeness (QED) is 0.631. The number of rotatable bonds is 2. The molecule has 9 heavy (non-hydrogen) atoms. The molecular weight excluding hydrogens is 134 g/mol. The summed E-state index contributed by atoms with van der Waals surface area (Å²) in [6.07, 6.45) is 1.79. The van der Waals surface area contributed by atoms with E-state index < -0.39 is 0 Å². The summed E-state index contributed by atoms with van der Waals surface area (Å²) in [5, 5.41) is 3.65. The van der Waals surface area contributed by atoms with E-state index in [-0.39, 0.29) is 0 Å². The zero-order valence-corrected chi connectivity index (χ0v) is 6.03. The molecule has 1 aromatic rings.